The number of carbonyl (C=O) groups excluding carboxylic acids is 1. The fourth-order valence-electron chi connectivity index (χ4n) is 2.71. The zero-order valence-corrected chi connectivity index (χ0v) is 11.6. The Kier molecular flexibility index (Phi) is 3.35. The second-order valence-electron chi connectivity index (χ2n) is 5.46. The largest absolute Gasteiger partial charge is 0.480 e. The molecule has 1 saturated heterocycles. The Balaban J connectivity index is 2.36. The van der Waals surface area contributed by atoms with Crippen molar-refractivity contribution in [2.45, 2.75) is 39.2 Å². The molecule has 4 heteroatoms. The molecule has 102 valence electrons. The Bertz CT molecular complexity index is 538. The summed E-state index contributed by atoms with van der Waals surface area (Å²) in [5.41, 5.74) is 1.51. The second kappa shape index (κ2) is 4.68. The van der Waals surface area contributed by atoms with Crippen LogP contribution in [-0.2, 0) is 4.79 Å². The van der Waals surface area contributed by atoms with Crippen LogP contribution in [-0.4, -0.2) is 34.0 Å². The van der Waals surface area contributed by atoms with Gasteiger partial charge < -0.3 is 10.0 Å². The first-order valence-electron chi connectivity index (χ1n) is 6.49. The van der Waals surface area contributed by atoms with Gasteiger partial charge in [-0.05, 0) is 45.2 Å². The molecule has 1 fully saturated rings. The highest BCUT2D eigenvalue weighted by molar-refractivity contribution is 5.99. The summed E-state index contributed by atoms with van der Waals surface area (Å²) in [6.45, 7) is 5.99. The lowest BCUT2D eigenvalue weighted by atomic mass is 9.97. The van der Waals surface area contributed by atoms with E-state index in [-0.39, 0.29) is 5.91 Å². The number of nitrogens with zero attached hydrogens (tertiary/aromatic N) is 1. The van der Waals surface area contributed by atoms with Crippen molar-refractivity contribution in [3.8, 4) is 0 Å². The minimum Gasteiger partial charge on any atom is -0.480 e. The van der Waals surface area contributed by atoms with E-state index in [1.165, 1.54) is 4.90 Å². The summed E-state index contributed by atoms with van der Waals surface area (Å²) in [5, 5.41) is 9.36. The van der Waals surface area contributed by atoms with Crippen LogP contribution in [0.15, 0.2) is 18.2 Å². The zero-order valence-electron chi connectivity index (χ0n) is 11.6. The first-order chi connectivity index (χ1) is 8.86. The Morgan fingerprint density at radius 3 is 2.58 bits per heavy atom. The molecule has 0 aromatic heterocycles. The minimum atomic E-state index is -1.07. The third kappa shape index (κ3) is 2.23. The minimum absolute atomic E-state index is 0.181. The van der Waals surface area contributed by atoms with E-state index in [1.807, 2.05) is 26.0 Å². The van der Waals surface area contributed by atoms with Crippen molar-refractivity contribution >= 4 is 11.9 Å². The van der Waals surface area contributed by atoms with Crippen LogP contribution in [0.5, 0.6) is 0 Å². The molecule has 1 atom stereocenters. The van der Waals surface area contributed by atoms with Gasteiger partial charge in [0.25, 0.3) is 5.91 Å². The number of hydrogen-bond donors (Lipinski definition) is 1. The van der Waals surface area contributed by atoms with Gasteiger partial charge in [0.2, 0.25) is 0 Å². The first-order valence-corrected chi connectivity index (χ1v) is 6.49. The number of likely N-dealkylation sites (tertiary alicyclic amines) is 1. The lowest BCUT2D eigenvalue weighted by molar-refractivity contribution is -0.147. The van der Waals surface area contributed by atoms with E-state index >= 15 is 0 Å². The van der Waals surface area contributed by atoms with Crippen LogP contribution in [0.3, 0.4) is 0 Å². The van der Waals surface area contributed by atoms with Gasteiger partial charge in [0, 0.05) is 12.1 Å². The van der Waals surface area contributed by atoms with Crippen LogP contribution < -0.4 is 0 Å². The smallest absolute Gasteiger partial charge is 0.329 e. The number of benzene rings is 1. The summed E-state index contributed by atoms with van der Waals surface area (Å²) in [5.74, 6) is -1.11. The van der Waals surface area contributed by atoms with E-state index in [4.69, 9.17) is 0 Å². The summed E-state index contributed by atoms with van der Waals surface area (Å²) >= 11 is 0. The third-order valence-corrected chi connectivity index (χ3v) is 3.96. The maximum Gasteiger partial charge on any atom is 0.329 e. The number of amides is 1. The zero-order chi connectivity index (χ0) is 14.2. The van der Waals surface area contributed by atoms with Crippen molar-refractivity contribution < 1.29 is 14.7 Å². The summed E-state index contributed by atoms with van der Waals surface area (Å²) in [6, 6.07) is 5.61. The maximum absolute atomic E-state index is 12.6. The third-order valence-electron chi connectivity index (χ3n) is 3.96. The predicted octanol–water partition coefficient (Wildman–Crippen LogP) is 2.38. The summed E-state index contributed by atoms with van der Waals surface area (Å²) in [4.78, 5) is 25.5. The highest BCUT2D eigenvalue weighted by atomic mass is 16.4. The number of aliphatic carboxylic acids is 1. The highest BCUT2D eigenvalue weighted by Crippen LogP contribution is 2.31. The molecule has 1 unspecified atom stereocenters. The Hall–Kier alpha value is -1.84. The molecular weight excluding hydrogens is 242 g/mol. The van der Waals surface area contributed by atoms with E-state index in [0.717, 1.165) is 17.5 Å². The molecule has 1 aliphatic heterocycles. The van der Waals surface area contributed by atoms with Crippen molar-refractivity contribution in [3.63, 3.8) is 0 Å². The molecule has 1 aliphatic rings. The highest BCUT2D eigenvalue weighted by Gasteiger charge is 2.46. The molecule has 2 rings (SSSR count). The second-order valence-corrected chi connectivity index (χ2v) is 5.46. The van der Waals surface area contributed by atoms with Crippen LogP contribution >= 0.6 is 0 Å². The Morgan fingerprint density at radius 1 is 1.32 bits per heavy atom. The molecule has 0 bridgehead atoms. The molecular formula is C15H19NO3. The van der Waals surface area contributed by atoms with Gasteiger partial charge in [-0.25, -0.2) is 4.79 Å². The number of carbonyl (C=O) groups is 2. The van der Waals surface area contributed by atoms with Crippen molar-refractivity contribution in [2.75, 3.05) is 6.54 Å². The normalized spacial score (nSPS) is 22.6. The van der Waals surface area contributed by atoms with Gasteiger partial charge >= 0.3 is 5.97 Å². The van der Waals surface area contributed by atoms with Crippen LogP contribution in [0.2, 0.25) is 0 Å². The van der Waals surface area contributed by atoms with E-state index in [2.05, 4.69) is 0 Å². The molecule has 1 heterocycles. The number of rotatable bonds is 2. The van der Waals surface area contributed by atoms with E-state index < -0.39 is 11.5 Å². The first kappa shape index (κ1) is 13.6. The summed E-state index contributed by atoms with van der Waals surface area (Å²) in [7, 11) is 0. The maximum atomic E-state index is 12.6. The van der Waals surface area contributed by atoms with Crippen molar-refractivity contribution in [1.29, 1.82) is 0 Å². The Labute approximate surface area is 113 Å². The topological polar surface area (TPSA) is 57.6 Å². The molecule has 1 aromatic carbocycles. The fourth-order valence-corrected chi connectivity index (χ4v) is 2.71. The van der Waals surface area contributed by atoms with E-state index in [1.54, 1.807) is 13.0 Å². The van der Waals surface area contributed by atoms with Gasteiger partial charge in [0.05, 0.1) is 0 Å². The number of aryl methyl sites for hydroxylation is 2. The van der Waals surface area contributed by atoms with Gasteiger partial charge in [-0.2, -0.15) is 0 Å². The van der Waals surface area contributed by atoms with Crippen LogP contribution in [0.1, 0.15) is 41.3 Å². The molecule has 1 N–H and O–H groups in total. The molecule has 0 radical (unpaired) electrons. The van der Waals surface area contributed by atoms with E-state index in [9.17, 15) is 14.7 Å². The van der Waals surface area contributed by atoms with Gasteiger partial charge in [-0.3, -0.25) is 4.79 Å². The SMILES string of the molecule is Cc1ccc(C(=O)N2CCCC2(C)C(=O)O)c(C)c1. The monoisotopic (exact) mass is 261 g/mol. The van der Waals surface area contributed by atoms with Crippen LogP contribution in [0.25, 0.3) is 0 Å². The molecule has 0 spiro atoms. The average molecular weight is 261 g/mol. The summed E-state index contributed by atoms with van der Waals surface area (Å²) < 4.78 is 0. The van der Waals surface area contributed by atoms with Crippen molar-refractivity contribution in [1.82, 2.24) is 4.90 Å². The lowest BCUT2D eigenvalue weighted by Crippen LogP contribution is -2.50. The number of carboxylic acid groups (broad SMARTS) is 1. The number of carboxylic acids is 1. The molecule has 4 nitrogen and oxygen atoms in total. The van der Waals surface area contributed by atoms with Crippen molar-refractivity contribution in [3.05, 3.63) is 34.9 Å². The standard InChI is InChI=1S/C15H19NO3/c1-10-5-6-12(11(2)9-10)13(17)16-8-4-7-15(16,3)14(18)19/h5-6,9H,4,7-8H2,1-3H3,(H,18,19). The number of hydrogen-bond acceptors (Lipinski definition) is 2. The average Bonchev–Trinajstić information content (AvgIpc) is 2.72. The molecule has 1 aromatic rings. The Morgan fingerprint density at radius 2 is 2.00 bits per heavy atom. The lowest BCUT2D eigenvalue weighted by Gasteiger charge is -2.31. The van der Waals surface area contributed by atoms with Crippen LogP contribution in [0, 0.1) is 13.8 Å². The van der Waals surface area contributed by atoms with Gasteiger partial charge in [0.15, 0.2) is 0 Å². The van der Waals surface area contributed by atoms with Crippen molar-refractivity contribution in [2.24, 2.45) is 0 Å². The fraction of sp³-hybridized carbons (Fsp3) is 0.467. The van der Waals surface area contributed by atoms with Gasteiger partial charge in [-0.1, -0.05) is 17.7 Å². The molecule has 1 amide bonds. The van der Waals surface area contributed by atoms with Gasteiger partial charge in [-0.15, -0.1) is 0 Å². The molecule has 0 saturated carbocycles. The molecule has 0 aliphatic carbocycles. The van der Waals surface area contributed by atoms with Crippen LogP contribution in [0.4, 0.5) is 0 Å². The quantitative estimate of drug-likeness (QED) is 0.889. The predicted molar refractivity (Wildman–Crippen MR) is 72.2 cm³/mol. The van der Waals surface area contributed by atoms with Gasteiger partial charge in [0.1, 0.15) is 5.54 Å². The molecule has 19 heavy (non-hydrogen) atoms. The summed E-state index contributed by atoms with van der Waals surface area (Å²) in [6.07, 6.45) is 1.25. The van der Waals surface area contributed by atoms with E-state index in [0.29, 0.717) is 18.5 Å².